The molecule has 7 heteroatoms. The smallest absolute Gasteiger partial charge is 0.348 e. The number of fused-ring (bicyclic) bond motifs is 1. The van der Waals surface area contributed by atoms with Gasteiger partial charge in [0.15, 0.2) is 11.5 Å². The van der Waals surface area contributed by atoms with Crippen molar-refractivity contribution in [2.45, 2.75) is 31.5 Å². The number of carbonyl (C=O) groups is 2. The summed E-state index contributed by atoms with van der Waals surface area (Å²) in [5.74, 6) is 0.113. The van der Waals surface area contributed by atoms with E-state index in [4.69, 9.17) is 9.47 Å². The lowest BCUT2D eigenvalue weighted by Crippen LogP contribution is -2.34. The summed E-state index contributed by atoms with van der Waals surface area (Å²) in [6, 6.07) is 8.55. The van der Waals surface area contributed by atoms with Gasteiger partial charge in [0.25, 0.3) is 11.7 Å². The molecule has 0 saturated heterocycles. The van der Waals surface area contributed by atoms with E-state index in [1.807, 2.05) is 6.07 Å². The topological polar surface area (TPSA) is 73.9 Å². The minimum atomic E-state index is -0.520. The summed E-state index contributed by atoms with van der Waals surface area (Å²) in [5, 5.41) is 2.82. The number of amides is 1. The van der Waals surface area contributed by atoms with Gasteiger partial charge in [-0.1, -0.05) is 0 Å². The van der Waals surface area contributed by atoms with Gasteiger partial charge in [0.1, 0.15) is 4.88 Å². The highest BCUT2D eigenvalue weighted by Crippen LogP contribution is 2.47. The van der Waals surface area contributed by atoms with Crippen molar-refractivity contribution in [3.05, 3.63) is 40.1 Å². The van der Waals surface area contributed by atoms with Gasteiger partial charge in [-0.05, 0) is 37.1 Å². The van der Waals surface area contributed by atoms with Gasteiger partial charge < -0.3 is 19.5 Å². The van der Waals surface area contributed by atoms with E-state index in [1.54, 1.807) is 24.3 Å². The summed E-state index contributed by atoms with van der Waals surface area (Å²) in [6.07, 6.45) is 3.96. The lowest BCUT2D eigenvalue weighted by molar-refractivity contribution is -0.0716. The van der Waals surface area contributed by atoms with E-state index in [9.17, 15) is 9.59 Å². The van der Waals surface area contributed by atoms with Crippen molar-refractivity contribution in [2.24, 2.45) is 0 Å². The zero-order chi connectivity index (χ0) is 17.4. The molecule has 1 aromatic carbocycles. The van der Waals surface area contributed by atoms with E-state index in [0.717, 1.165) is 37.0 Å². The highest BCUT2D eigenvalue weighted by atomic mass is 32.1. The maximum Gasteiger partial charge on any atom is 0.348 e. The number of methoxy groups -OCH3 is 1. The van der Waals surface area contributed by atoms with Gasteiger partial charge in [0, 0.05) is 24.6 Å². The van der Waals surface area contributed by atoms with Crippen LogP contribution in [0.15, 0.2) is 30.3 Å². The zero-order valence-electron chi connectivity index (χ0n) is 13.7. The average Bonchev–Trinajstić information content (AvgIpc) is 3.33. The Balaban J connectivity index is 1.48. The minimum Gasteiger partial charge on any atom is -0.465 e. The van der Waals surface area contributed by atoms with E-state index in [0.29, 0.717) is 26.9 Å². The molecule has 2 heterocycles. The van der Waals surface area contributed by atoms with Gasteiger partial charge in [-0.3, -0.25) is 4.79 Å². The van der Waals surface area contributed by atoms with Crippen LogP contribution in [0.5, 0.6) is 11.5 Å². The maximum absolute atomic E-state index is 12.4. The Morgan fingerprint density at radius 2 is 1.80 bits per heavy atom. The third-order valence-electron chi connectivity index (χ3n) is 4.38. The summed E-state index contributed by atoms with van der Waals surface area (Å²) in [7, 11) is 1.31. The van der Waals surface area contributed by atoms with Gasteiger partial charge in [0.2, 0.25) is 0 Å². The van der Waals surface area contributed by atoms with Gasteiger partial charge in [-0.2, -0.15) is 0 Å². The summed E-state index contributed by atoms with van der Waals surface area (Å²) in [4.78, 5) is 24.7. The molecule has 0 bridgehead atoms. The first kappa shape index (κ1) is 16.0. The normalized spacial score (nSPS) is 16.8. The number of carbonyl (C=O) groups excluding carboxylic acids is 2. The Labute approximate surface area is 148 Å². The van der Waals surface area contributed by atoms with Crippen LogP contribution in [-0.4, -0.2) is 24.8 Å². The van der Waals surface area contributed by atoms with Crippen molar-refractivity contribution in [2.75, 3.05) is 12.4 Å². The van der Waals surface area contributed by atoms with Crippen molar-refractivity contribution < 1.29 is 23.8 Å². The van der Waals surface area contributed by atoms with Crippen LogP contribution in [0.1, 0.15) is 45.0 Å². The molecule has 130 valence electrons. The number of hydrogen-bond donors (Lipinski definition) is 1. The summed E-state index contributed by atoms with van der Waals surface area (Å²) in [5.41, 5.74) is 0.621. The number of esters is 1. The first-order chi connectivity index (χ1) is 12.1. The van der Waals surface area contributed by atoms with Crippen LogP contribution in [0.4, 0.5) is 5.69 Å². The summed E-state index contributed by atoms with van der Waals surface area (Å²) >= 11 is 1.09. The second-order valence-corrected chi connectivity index (χ2v) is 7.18. The molecule has 1 amide bonds. The second-order valence-electron chi connectivity index (χ2n) is 6.09. The number of nitrogens with one attached hydrogen (secondary N) is 1. The van der Waals surface area contributed by atoms with E-state index in [1.165, 1.54) is 7.11 Å². The molecule has 6 nitrogen and oxygen atoms in total. The Bertz CT molecular complexity index is 838. The Morgan fingerprint density at radius 1 is 1.08 bits per heavy atom. The number of anilines is 1. The van der Waals surface area contributed by atoms with Crippen molar-refractivity contribution in [3.63, 3.8) is 0 Å². The van der Waals surface area contributed by atoms with Crippen LogP contribution in [0, 0.1) is 0 Å². The summed E-state index contributed by atoms with van der Waals surface area (Å²) in [6.45, 7) is 0. The maximum atomic E-state index is 12.4. The van der Waals surface area contributed by atoms with E-state index in [2.05, 4.69) is 10.1 Å². The number of rotatable bonds is 3. The molecule has 1 aromatic heterocycles. The molecule has 0 unspecified atom stereocenters. The SMILES string of the molecule is COC(=O)c1ccc(C(=O)Nc2ccc3c(c2)OC2(CCCC2)O3)s1. The highest BCUT2D eigenvalue weighted by molar-refractivity contribution is 7.16. The van der Waals surface area contributed by atoms with Gasteiger partial charge >= 0.3 is 5.97 Å². The first-order valence-corrected chi connectivity index (χ1v) is 8.92. The first-order valence-electron chi connectivity index (χ1n) is 8.10. The fourth-order valence-corrected chi connectivity index (χ4v) is 3.97. The van der Waals surface area contributed by atoms with Crippen LogP contribution in [0.25, 0.3) is 0 Å². The van der Waals surface area contributed by atoms with E-state index >= 15 is 0 Å². The predicted molar refractivity (Wildman–Crippen MR) is 92.5 cm³/mol. The highest BCUT2D eigenvalue weighted by Gasteiger charge is 2.44. The zero-order valence-corrected chi connectivity index (χ0v) is 14.5. The molecule has 1 spiro atoms. The van der Waals surface area contributed by atoms with Crippen LogP contribution in [0.3, 0.4) is 0 Å². The molecule has 4 rings (SSSR count). The molecule has 0 radical (unpaired) electrons. The van der Waals surface area contributed by atoms with Gasteiger partial charge in [-0.25, -0.2) is 4.79 Å². The lowest BCUT2D eigenvalue weighted by atomic mass is 10.2. The molecule has 2 aliphatic rings. The van der Waals surface area contributed by atoms with E-state index in [-0.39, 0.29) is 5.91 Å². The Hall–Kier alpha value is -2.54. The van der Waals surface area contributed by atoms with Crippen LogP contribution in [0.2, 0.25) is 0 Å². The Kier molecular flexibility index (Phi) is 3.88. The quantitative estimate of drug-likeness (QED) is 0.843. The molecule has 1 aliphatic carbocycles. The molecule has 1 N–H and O–H groups in total. The molecule has 1 aliphatic heterocycles. The fraction of sp³-hybridized carbons (Fsp3) is 0.333. The fourth-order valence-electron chi connectivity index (χ4n) is 3.15. The molecule has 0 atom stereocenters. The van der Waals surface area contributed by atoms with Gasteiger partial charge in [-0.15, -0.1) is 11.3 Å². The number of benzene rings is 1. The summed E-state index contributed by atoms with van der Waals surface area (Å²) < 4.78 is 16.6. The van der Waals surface area contributed by atoms with E-state index < -0.39 is 11.8 Å². The lowest BCUT2D eigenvalue weighted by Gasteiger charge is -2.21. The molecule has 1 fully saturated rings. The monoisotopic (exact) mass is 359 g/mol. The third kappa shape index (κ3) is 2.95. The van der Waals surface area contributed by atoms with Crippen LogP contribution < -0.4 is 14.8 Å². The minimum absolute atomic E-state index is 0.283. The molecular weight excluding hydrogens is 342 g/mol. The molecular formula is C18H17NO5S. The third-order valence-corrected chi connectivity index (χ3v) is 5.44. The average molecular weight is 359 g/mol. The molecule has 25 heavy (non-hydrogen) atoms. The van der Waals surface area contributed by atoms with Gasteiger partial charge in [0.05, 0.1) is 12.0 Å². The number of thiophene rings is 1. The van der Waals surface area contributed by atoms with Crippen LogP contribution in [-0.2, 0) is 4.74 Å². The van der Waals surface area contributed by atoms with Crippen molar-refractivity contribution in [1.82, 2.24) is 0 Å². The van der Waals surface area contributed by atoms with Crippen molar-refractivity contribution in [3.8, 4) is 11.5 Å². The van der Waals surface area contributed by atoms with Crippen molar-refractivity contribution >= 4 is 28.9 Å². The standard InChI is InChI=1S/C18H17NO5S/c1-22-17(21)15-7-6-14(25-15)16(20)19-11-4-5-12-13(10-11)24-18(23-12)8-2-3-9-18/h4-7,10H,2-3,8-9H2,1H3,(H,19,20). The van der Waals surface area contributed by atoms with Crippen LogP contribution >= 0.6 is 11.3 Å². The number of hydrogen-bond acceptors (Lipinski definition) is 6. The number of ether oxygens (including phenoxy) is 3. The second kappa shape index (κ2) is 6.07. The molecule has 1 saturated carbocycles. The largest absolute Gasteiger partial charge is 0.465 e. The molecule has 2 aromatic rings. The Morgan fingerprint density at radius 3 is 2.56 bits per heavy atom. The predicted octanol–water partition coefficient (Wildman–Crippen LogP) is 3.83. The van der Waals surface area contributed by atoms with Crippen molar-refractivity contribution in [1.29, 1.82) is 0 Å².